The number of fused-ring (bicyclic) bond motifs is 1. The molecule has 0 N–H and O–H groups in total. The van der Waals surface area contributed by atoms with Crippen molar-refractivity contribution in [3.05, 3.63) is 39.4 Å². The van der Waals surface area contributed by atoms with Crippen LogP contribution in [-0.4, -0.2) is 28.9 Å². The van der Waals surface area contributed by atoms with Crippen molar-refractivity contribution in [1.82, 2.24) is 9.55 Å². The number of hydrogen-bond acceptors (Lipinski definition) is 5. The van der Waals surface area contributed by atoms with Gasteiger partial charge in [0.1, 0.15) is 5.82 Å². The predicted molar refractivity (Wildman–Crippen MR) is 96.0 cm³/mol. The van der Waals surface area contributed by atoms with Crippen LogP contribution in [0.5, 0.6) is 0 Å². The second kappa shape index (κ2) is 8.26. The standard InChI is InChI=1S/C16H22ClN2O4P/c1-4-22-24(21,23-5-2)10-6-7-15-18-14-9-8-12(17)11-13(14)16(20)19(15)3/h8-9,11H,4-7,10H2,1-3H3. The molecule has 0 amide bonds. The highest BCUT2D eigenvalue weighted by atomic mass is 35.5. The summed E-state index contributed by atoms with van der Waals surface area (Å²) in [5.41, 5.74) is 0.464. The number of hydrogen-bond donors (Lipinski definition) is 0. The first-order valence-corrected chi connectivity index (χ1v) is 10.0. The zero-order valence-corrected chi connectivity index (χ0v) is 15.8. The summed E-state index contributed by atoms with van der Waals surface area (Å²) in [6.07, 6.45) is 1.36. The summed E-state index contributed by atoms with van der Waals surface area (Å²) in [4.78, 5) is 16.9. The fraction of sp³-hybridized carbons (Fsp3) is 0.500. The minimum atomic E-state index is -3.07. The Bertz CT molecular complexity index is 812. The Labute approximate surface area is 146 Å². The van der Waals surface area contributed by atoms with E-state index in [1.54, 1.807) is 39.1 Å². The highest BCUT2D eigenvalue weighted by Gasteiger charge is 2.23. The van der Waals surface area contributed by atoms with Crippen molar-refractivity contribution in [2.24, 2.45) is 7.05 Å². The van der Waals surface area contributed by atoms with Gasteiger partial charge < -0.3 is 9.05 Å². The third-order valence-electron chi connectivity index (χ3n) is 3.61. The Balaban J connectivity index is 2.18. The molecule has 1 aromatic carbocycles. The van der Waals surface area contributed by atoms with Crippen LogP contribution in [0.15, 0.2) is 23.0 Å². The molecule has 0 saturated carbocycles. The number of halogens is 1. The van der Waals surface area contributed by atoms with Crippen LogP contribution in [0.3, 0.4) is 0 Å². The van der Waals surface area contributed by atoms with Gasteiger partial charge in [-0.05, 0) is 38.5 Å². The Morgan fingerprint density at radius 1 is 1.25 bits per heavy atom. The number of aromatic nitrogens is 2. The molecule has 132 valence electrons. The fourth-order valence-electron chi connectivity index (χ4n) is 2.50. The topological polar surface area (TPSA) is 70.4 Å². The number of nitrogens with zero attached hydrogens (tertiary/aromatic N) is 2. The summed E-state index contributed by atoms with van der Waals surface area (Å²) >= 11 is 5.94. The molecule has 2 aromatic rings. The van der Waals surface area contributed by atoms with Gasteiger partial charge in [-0.3, -0.25) is 13.9 Å². The Morgan fingerprint density at radius 2 is 1.92 bits per heavy atom. The SMILES string of the molecule is CCOP(=O)(CCCc1nc2ccc(Cl)cc2c(=O)n1C)OCC. The van der Waals surface area contributed by atoms with Gasteiger partial charge in [0, 0.05) is 18.5 Å². The molecule has 6 nitrogen and oxygen atoms in total. The fourth-order valence-corrected chi connectivity index (χ4v) is 4.34. The molecule has 0 saturated heterocycles. The molecule has 0 unspecified atom stereocenters. The second-order valence-electron chi connectivity index (χ2n) is 5.33. The lowest BCUT2D eigenvalue weighted by Crippen LogP contribution is -2.22. The summed E-state index contributed by atoms with van der Waals surface area (Å²) in [5, 5.41) is 0.992. The molecule has 8 heteroatoms. The van der Waals surface area contributed by atoms with E-state index in [0.29, 0.717) is 54.0 Å². The van der Waals surface area contributed by atoms with E-state index in [2.05, 4.69) is 4.98 Å². The first-order valence-electron chi connectivity index (χ1n) is 7.93. The van der Waals surface area contributed by atoms with Gasteiger partial charge in [0.05, 0.1) is 30.3 Å². The van der Waals surface area contributed by atoms with Gasteiger partial charge in [-0.2, -0.15) is 0 Å². The first kappa shape index (κ1) is 19.1. The maximum absolute atomic E-state index is 12.5. The molecule has 2 rings (SSSR count). The molecule has 0 fully saturated rings. The van der Waals surface area contributed by atoms with Crippen LogP contribution in [0.4, 0.5) is 0 Å². The van der Waals surface area contributed by atoms with Gasteiger partial charge >= 0.3 is 7.60 Å². The predicted octanol–water partition coefficient (Wildman–Crippen LogP) is 3.79. The van der Waals surface area contributed by atoms with Crippen LogP contribution in [0.2, 0.25) is 5.02 Å². The number of rotatable bonds is 8. The van der Waals surface area contributed by atoms with E-state index >= 15 is 0 Å². The molecule has 0 spiro atoms. The van der Waals surface area contributed by atoms with Crippen LogP contribution in [0, 0.1) is 0 Å². The summed E-state index contributed by atoms with van der Waals surface area (Å²) in [6.45, 7) is 4.24. The molecule has 0 bridgehead atoms. The van der Waals surface area contributed by atoms with Crippen molar-refractivity contribution in [3.63, 3.8) is 0 Å². The van der Waals surface area contributed by atoms with E-state index in [-0.39, 0.29) is 5.56 Å². The van der Waals surface area contributed by atoms with Gasteiger partial charge in [0.25, 0.3) is 5.56 Å². The quantitative estimate of drug-likeness (QED) is 0.659. The maximum atomic E-state index is 12.5. The van der Waals surface area contributed by atoms with Gasteiger partial charge in [0.15, 0.2) is 0 Å². The van der Waals surface area contributed by atoms with Crippen LogP contribution in [0.25, 0.3) is 10.9 Å². The van der Waals surface area contributed by atoms with E-state index in [4.69, 9.17) is 20.6 Å². The first-order chi connectivity index (χ1) is 11.4. The van der Waals surface area contributed by atoms with Crippen molar-refractivity contribution in [3.8, 4) is 0 Å². The molecular weight excluding hydrogens is 351 g/mol. The summed E-state index contributed by atoms with van der Waals surface area (Å²) in [6, 6.07) is 5.06. The minimum Gasteiger partial charge on any atom is -0.309 e. The van der Waals surface area contributed by atoms with Gasteiger partial charge in [0.2, 0.25) is 0 Å². The molecule has 1 aromatic heterocycles. The molecule has 0 atom stereocenters. The van der Waals surface area contributed by atoms with E-state index in [1.165, 1.54) is 4.57 Å². The van der Waals surface area contributed by atoms with E-state index < -0.39 is 7.60 Å². The lowest BCUT2D eigenvalue weighted by Gasteiger charge is -2.17. The molecule has 0 aliphatic heterocycles. The minimum absolute atomic E-state index is 0.143. The smallest absolute Gasteiger partial charge is 0.309 e. The maximum Gasteiger partial charge on any atom is 0.330 e. The van der Waals surface area contributed by atoms with E-state index in [0.717, 1.165) is 0 Å². The zero-order valence-electron chi connectivity index (χ0n) is 14.1. The van der Waals surface area contributed by atoms with Gasteiger partial charge in [-0.25, -0.2) is 4.98 Å². The third-order valence-corrected chi connectivity index (χ3v) is 6.02. The Kier molecular flexibility index (Phi) is 6.58. The molecular formula is C16H22ClN2O4P. The van der Waals surface area contributed by atoms with Crippen LogP contribution >= 0.6 is 19.2 Å². The Hall–Kier alpha value is -1.20. The lowest BCUT2D eigenvalue weighted by atomic mass is 10.2. The number of aryl methyl sites for hydroxylation is 1. The normalized spacial score (nSPS) is 12.0. The van der Waals surface area contributed by atoms with Crippen molar-refractivity contribution in [2.45, 2.75) is 26.7 Å². The largest absolute Gasteiger partial charge is 0.330 e. The summed E-state index contributed by atoms with van der Waals surface area (Å²) in [5.74, 6) is 0.634. The van der Waals surface area contributed by atoms with E-state index in [9.17, 15) is 9.36 Å². The van der Waals surface area contributed by atoms with Crippen molar-refractivity contribution in [2.75, 3.05) is 19.4 Å². The van der Waals surface area contributed by atoms with Crippen LogP contribution in [-0.2, 0) is 27.1 Å². The van der Waals surface area contributed by atoms with Crippen molar-refractivity contribution >= 4 is 30.1 Å². The molecule has 1 heterocycles. The highest BCUT2D eigenvalue weighted by molar-refractivity contribution is 7.53. The molecule has 0 aliphatic rings. The molecule has 24 heavy (non-hydrogen) atoms. The van der Waals surface area contributed by atoms with Crippen molar-refractivity contribution in [1.29, 1.82) is 0 Å². The van der Waals surface area contributed by atoms with E-state index in [1.807, 2.05) is 0 Å². The molecule has 0 aliphatic carbocycles. The average molecular weight is 373 g/mol. The summed E-state index contributed by atoms with van der Waals surface area (Å²) < 4.78 is 24.5. The monoisotopic (exact) mass is 372 g/mol. The van der Waals surface area contributed by atoms with Crippen LogP contribution in [0.1, 0.15) is 26.1 Å². The van der Waals surface area contributed by atoms with Gasteiger partial charge in [-0.1, -0.05) is 11.6 Å². The third kappa shape index (κ3) is 4.45. The number of benzene rings is 1. The molecule has 0 radical (unpaired) electrons. The van der Waals surface area contributed by atoms with Crippen LogP contribution < -0.4 is 5.56 Å². The highest BCUT2D eigenvalue weighted by Crippen LogP contribution is 2.48. The summed E-state index contributed by atoms with van der Waals surface area (Å²) in [7, 11) is -1.39. The zero-order chi connectivity index (χ0) is 17.7. The average Bonchev–Trinajstić information content (AvgIpc) is 2.53. The Morgan fingerprint density at radius 3 is 2.54 bits per heavy atom. The van der Waals surface area contributed by atoms with Crippen molar-refractivity contribution < 1.29 is 13.6 Å². The van der Waals surface area contributed by atoms with Gasteiger partial charge in [-0.15, -0.1) is 0 Å². The second-order valence-corrected chi connectivity index (χ2v) is 7.95. The lowest BCUT2D eigenvalue weighted by molar-refractivity contribution is 0.219.